The van der Waals surface area contributed by atoms with Crippen molar-refractivity contribution in [3.05, 3.63) is 35.5 Å². The first-order chi connectivity index (χ1) is 12.8. The van der Waals surface area contributed by atoms with Crippen molar-refractivity contribution in [1.82, 2.24) is 24.0 Å². The standard InChI is InChI=1S/C17H19F3N6S/c1-10(2)14-21-16(27-24-14)25-7-3-4-11(8-25)15-23-22-13-6-5-12(9-26(13)15)17(18,19)20/h5-6,9-11H,3-4,7-8H2,1-2H3. The van der Waals surface area contributed by atoms with E-state index in [2.05, 4.69) is 24.5 Å². The third-order valence-electron chi connectivity index (χ3n) is 4.76. The third-order valence-corrected chi connectivity index (χ3v) is 5.55. The Balaban J connectivity index is 1.62. The molecule has 10 heteroatoms. The predicted octanol–water partition coefficient (Wildman–Crippen LogP) is 4.11. The first-order valence-corrected chi connectivity index (χ1v) is 9.60. The van der Waals surface area contributed by atoms with Crippen LogP contribution in [-0.2, 0) is 6.18 Å². The molecule has 1 fully saturated rings. The monoisotopic (exact) mass is 396 g/mol. The molecule has 1 atom stereocenters. The summed E-state index contributed by atoms with van der Waals surface area (Å²) < 4.78 is 45.1. The second-order valence-corrected chi connectivity index (χ2v) is 7.81. The Morgan fingerprint density at radius 1 is 1.22 bits per heavy atom. The molecule has 0 aliphatic carbocycles. The number of fused-ring (bicyclic) bond motifs is 1. The van der Waals surface area contributed by atoms with Gasteiger partial charge in [0.15, 0.2) is 5.65 Å². The molecule has 0 radical (unpaired) electrons. The fourth-order valence-electron chi connectivity index (χ4n) is 3.31. The SMILES string of the molecule is CC(C)c1nsc(N2CCCC(c3nnc4ccc(C(F)(F)F)cn34)C2)n1. The average molecular weight is 396 g/mol. The Labute approximate surface area is 158 Å². The zero-order chi connectivity index (χ0) is 19.2. The van der Waals surface area contributed by atoms with Gasteiger partial charge < -0.3 is 4.90 Å². The lowest BCUT2D eigenvalue weighted by Gasteiger charge is -2.31. The summed E-state index contributed by atoms with van der Waals surface area (Å²) in [5.41, 5.74) is -0.275. The number of hydrogen-bond donors (Lipinski definition) is 0. The van der Waals surface area contributed by atoms with E-state index in [-0.39, 0.29) is 11.8 Å². The Bertz CT molecular complexity index is 948. The summed E-state index contributed by atoms with van der Waals surface area (Å²) in [6.07, 6.45) is -1.54. The molecule has 0 saturated carbocycles. The van der Waals surface area contributed by atoms with E-state index in [0.717, 1.165) is 42.6 Å². The molecule has 27 heavy (non-hydrogen) atoms. The van der Waals surface area contributed by atoms with Gasteiger partial charge in [-0.2, -0.15) is 17.5 Å². The largest absolute Gasteiger partial charge is 0.417 e. The third kappa shape index (κ3) is 3.50. The Morgan fingerprint density at radius 3 is 2.74 bits per heavy atom. The molecule has 1 unspecified atom stereocenters. The van der Waals surface area contributed by atoms with Crippen molar-refractivity contribution in [1.29, 1.82) is 0 Å². The minimum absolute atomic E-state index is 0.0105. The zero-order valence-electron chi connectivity index (χ0n) is 14.9. The molecule has 1 saturated heterocycles. The highest BCUT2D eigenvalue weighted by Gasteiger charge is 2.32. The van der Waals surface area contributed by atoms with Gasteiger partial charge in [0.25, 0.3) is 0 Å². The number of hydrogen-bond acceptors (Lipinski definition) is 6. The number of nitrogens with zero attached hydrogens (tertiary/aromatic N) is 6. The normalized spacial score (nSPS) is 18.6. The summed E-state index contributed by atoms with van der Waals surface area (Å²) in [5.74, 6) is 1.63. The van der Waals surface area contributed by atoms with Crippen LogP contribution in [0, 0.1) is 0 Å². The van der Waals surface area contributed by atoms with Gasteiger partial charge in [0, 0.05) is 42.7 Å². The fourth-order valence-corrected chi connectivity index (χ4v) is 4.15. The molecule has 0 bridgehead atoms. The summed E-state index contributed by atoms with van der Waals surface area (Å²) in [5, 5.41) is 9.09. The number of rotatable bonds is 3. The van der Waals surface area contributed by atoms with Crippen molar-refractivity contribution in [3.8, 4) is 0 Å². The molecular weight excluding hydrogens is 377 g/mol. The van der Waals surface area contributed by atoms with Crippen molar-refractivity contribution in [2.45, 2.75) is 44.7 Å². The quantitative estimate of drug-likeness (QED) is 0.667. The van der Waals surface area contributed by atoms with Crippen LogP contribution in [0.2, 0.25) is 0 Å². The van der Waals surface area contributed by atoms with Crippen LogP contribution in [-0.4, -0.2) is 37.0 Å². The van der Waals surface area contributed by atoms with Crippen LogP contribution in [0.5, 0.6) is 0 Å². The molecule has 1 aliphatic heterocycles. The van der Waals surface area contributed by atoms with E-state index in [1.165, 1.54) is 22.0 Å². The summed E-state index contributed by atoms with van der Waals surface area (Å²) in [4.78, 5) is 6.74. The van der Waals surface area contributed by atoms with E-state index >= 15 is 0 Å². The Kier molecular flexibility index (Phi) is 4.53. The van der Waals surface area contributed by atoms with Gasteiger partial charge in [0.1, 0.15) is 11.6 Å². The molecule has 0 aromatic carbocycles. The van der Waals surface area contributed by atoms with Crippen LogP contribution in [0.1, 0.15) is 55.7 Å². The summed E-state index contributed by atoms with van der Waals surface area (Å²) in [6, 6.07) is 2.40. The van der Waals surface area contributed by atoms with Crippen LogP contribution < -0.4 is 4.90 Å². The van der Waals surface area contributed by atoms with E-state index in [1.807, 2.05) is 13.8 Å². The van der Waals surface area contributed by atoms with E-state index in [9.17, 15) is 13.2 Å². The van der Waals surface area contributed by atoms with E-state index in [1.54, 1.807) is 0 Å². The number of piperidine rings is 1. The Morgan fingerprint density at radius 2 is 2.04 bits per heavy atom. The van der Waals surface area contributed by atoms with Crippen LogP contribution in [0.15, 0.2) is 18.3 Å². The van der Waals surface area contributed by atoms with E-state index in [0.29, 0.717) is 18.0 Å². The van der Waals surface area contributed by atoms with Crippen molar-refractivity contribution in [2.24, 2.45) is 0 Å². The van der Waals surface area contributed by atoms with Crippen LogP contribution >= 0.6 is 11.5 Å². The van der Waals surface area contributed by atoms with Crippen LogP contribution in [0.25, 0.3) is 5.65 Å². The topological polar surface area (TPSA) is 59.2 Å². The average Bonchev–Trinajstić information content (AvgIpc) is 3.28. The molecule has 0 spiro atoms. The highest BCUT2D eigenvalue weighted by Crippen LogP contribution is 2.33. The van der Waals surface area contributed by atoms with Crippen molar-refractivity contribution in [2.75, 3.05) is 18.0 Å². The smallest absolute Gasteiger partial charge is 0.346 e. The van der Waals surface area contributed by atoms with Gasteiger partial charge in [-0.3, -0.25) is 4.40 Å². The van der Waals surface area contributed by atoms with Gasteiger partial charge in [-0.05, 0) is 25.0 Å². The number of aromatic nitrogens is 5. The van der Waals surface area contributed by atoms with Crippen LogP contribution in [0.3, 0.4) is 0 Å². The maximum atomic E-state index is 13.1. The van der Waals surface area contributed by atoms with Crippen molar-refractivity contribution in [3.63, 3.8) is 0 Å². The lowest BCUT2D eigenvalue weighted by atomic mass is 9.97. The summed E-state index contributed by atoms with van der Waals surface area (Å²) in [6.45, 7) is 5.59. The van der Waals surface area contributed by atoms with Gasteiger partial charge in [0.2, 0.25) is 5.13 Å². The van der Waals surface area contributed by atoms with Gasteiger partial charge in [-0.1, -0.05) is 13.8 Å². The molecular formula is C17H19F3N6S. The molecule has 4 heterocycles. The van der Waals surface area contributed by atoms with E-state index in [4.69, 9.17) is 0 Å². The molecule has 4 rings (SSSR count). The van der Waals surface area contributed by atoms with Crippen molar-refractivity contribution >= 4 is 22.3 Å². The number of alkyl halides is 3. The molecule has 6 nitrogen and oxygen atoms in total. The maximum absolute atomic E-state index is 13.1. The highest BCUT2D eigenvalue weighted by atomic mass is 32.1. The van der Waals surface area contributed by atoms with Crippen LogP contribution in [0.4, 0.5) is 18.3 Å². The summed E-state index contributed by atoms with van der Waals surface area (Å²) in [7, 11) is 0. The first kappa shape index (κ1) is 18.1. The molecule has 0 N–H and O–H groups in total. The highest BCUT2D eigenvalue weighted by molar-refractivity contribution is 7.09. The maximum Gasteiger partial charge on any atom is 0.417 e. The van der Waals surface area contributed by atoms with E-state index < -0.39 is 11.7 Å². The number of pyridine rings is 1. The lowest BCUT2D eigenvalue weighted by molar-refractivity contribution is -0.137. The van der Waals surface area contributed by atoms with Gasteiger partial charge in [0.05, 0.1) is 5.56 Å². The molecule has 1 aliphatic rings. The Hall–Kier alpha value is -2.23. The minimum atomic E-state index is -4.39. The van der Waals surface area contributed by atoms with Crippen molar-refractivity contribution < 1.29 is 13.2 Å². The fraction of sp³-hybridized carbons (Fsp3) is 0.529. The minimum Gasteiger partial charge on any atom is -0.346 e. The van der Waals surface area contributed by atoms with Gasteiger partial charge in [-0.15, -0.1) is 10.2 Å². The molecule has 3 aromatic heterocycles. The summed E-state index contributed by atoms with van der Waals surface area (Å²) >= 11 is 1.37. The van der Waals surface area contributed by atoms with Gasteiger partial charge in [-0.25, -0.2) is 4.98 Å². The second kappa shape index (κ2) is 6.74. The molecule has 0 amide bonds. The number of halogens is 3. The second-order valence-electron chi connectivity index (χ2n) is 7.08. The lowest BCUT2D eigenvalue weighted by Crippen LogP contribution is -2.35. The molecule has 144 valence electrons. The zero-order valence-corrected chi connectivity index (χ0v) is 15.8. The number of anilines is 1. The van der Waals surface area contributed by atoms with Gasteiger partial charge >= 0.3 is 6.18 Å². The first-order valence-electron chi connectivity index (χ1n) is 8.83. The predicted molar refractivity (Wildman–Crippen MR) is 96.2 cm³/mol. The molecule has 3 aromatic rings.